The Morgan fingerprint density at radius 3 is 2.11 bits per heavy atom. The zero-order chi connectivity index (χ0) is 13.9. The molecule has 0 spiro atoms. The van der Waals surface area contributed by atoms with Crippen LogP contribution in [0.2, 0.25) is 0 Å². The predicted octanol–water partition coefficient (Wildman–Crippen LogP) is 3.05. The summed E-state index contributed by atoms with van der Waals surface area (Å²) < 4.78 is 30.5. The molecule has 0 aliphatic rings. The highest BCUT2D eigenvalue weighted by Gasteiger charge is 2.08. The second-order valence-electron chi connectivity index (χ2n) is 3.66. The van der Waals surface area contributed by atoms with Crippen LogP contribution in [0.5, 0.6) is 5.75 Å². The molecule has 0 atom stereocenters. The standard InChI is InChI=1S/C12H10N2O4S/c15-12-4-2-1-3-11(12)14-13-9-5-7-10(8-6-9)19(16,17)18/h1-8,15H,(H,16,17,18)/b14-13+. The van der Waals surface area contributed by atoms with E-state index in [9.17, 15) is 13.5 Å². The Morgan fingerprint density at radius 2 is 1.53 bits per heavy atom. The van der Waals surface area contributed by atoms with Crippen LogP contribution < -0.4 is 0 Å². The first-order valence-corrected chi connectivity index (χ1v) is 6.68. The molecule has 7 heteroatoms. The fourth-order valence-corrected chi connectivity index (χ4v) is 1.83. The van der Waals surface area contributed by atoms with E-state index in [-0.39, 0.29) is 10.6 Å². The maximum absolute atomic E-state index is 10.8. The van der Waals surface area contributed by atoms with Gasteiger partial charge in [0.15, 0.2) is 0 Å². The number of para-hydroxylation sites is 1. The minimum absolute atomic E-state index is 0.000746. The summed E-state index contributed by atoms with van der Waals surface area (Å²) in [4.78, 5) is -0.214. The Hall–Kier alpha value is -2.25. The summed E-state index contributed by atoms with van der Waals surface area (Å²) in [6.45, 7) is 0. The molecule has 2 rings (SSSR count). The van der Waals surface area contributed by atoms with E-state index >= 15 is 0 Å². The van der Waals surface area contributed by atoms with E-state index in [1.165, 1.54) is 30.3 Å². The zero-order valence-corrected chi connectivity index (χ0v) is 10.4. The van der Waals surface area contributed by atoms with E-state index in [4.69, 9.17) is 4.55 Å². The van der Waals surface area contributed by atoms with Gasteiger partial charge in [-0.25, -0.2) is 0 Å². The molecule has 0 aromatic heterocycles. The highest BCUT2D eigenvalue weighted by Crippen LogP contribution is 2.27. The molecule has 0 heterocycles. The summed E-state index contributed by atoms with van der Waals surface area (Å²) in [5.41, 5.74) is 0.706. The average molecular weight is 278 g/mol. The van der Waals surface area contributed by atoms with Gasteiger partial charge in [0.25, 0.3) is 10.1 Å². The number of aromatic hydroxyl groups is 1. The maximum Gasteiger partial charge on any atom is 0.294 e. The fourth-order valence-electron chi connectivity index (χ4n) is 1.35. The van der Waals surface area contributed by atoms with Crippen molar-refractivity contribution in [2.24, 2.45) is 10.2 Å². The van der Waals surface area contributed by atoms with Crippen molar-refractivity contribution in [3.8, 4) is 5.75 Å². The van der Waals surface area contributed by atoms with Crippen LogP contribution in [-0.4, -0.2) is 18.1 Å². The highest BCUT2D eigenvalue weighted by atomic mass is 32.2. The van der Waals surface area contributed by atoms with Crippen molar-refractivity contribution >= 4 is 21.5 Å². The van der Waals surface area contributed by atoms with E-state index < -0.39 is 10.1 Å². The van der Waals surface area contributed by atoms with Gasteiger partial charge in [0.2, 0.25) is 0 Å². The topological polar surface area (TPSA) is 99.3 Å². The third kappa shape index (κ3) is 3.36. The van der Waals surface area contributed by atoms with Crippen molar-refractivity contribution in [2.45, 2.75) is 4.90 Å². The summed E-state index contributed by atoms with van der Waals surface area (Å²) in [5.74, 6) is 0.000746. The Balaban J connectivity index is 2.23. The van der Waals surface area contributed by atoms with Crippen LogP contribution in [0.25, 0.3) is 0 Å². The van der Waals surface area contributed by atoms with Crippen LogP contribution in [0.1, 0.15) is 0 Å². The molecule has 6 nitrogen and oxygen atoms in total. The van der Waals surface area contributed by atoms with Crippen molar-refractivity contribution in [3.05, 3.63) is 48.5 Å². The van der Waals surface area contributed by atoms with Crippen LogP contribution >= 0.6 is 0 Å². The molecule has 0 radical (unpaired) electrons. The van der Waals surface area contributed by atoms with Gasteiger partial charge in [-0.3, -0.25) is 4.55 Å². The monoisotopic (exact) mass is 278 g/mol. The molecule has 0 amide bonds. The van der Waals surface area contributed by atoms with Gasteiger partial charge in [-0.2, -0.15) is 13.5 Å². The number of azo groups is 1. The van der Waals surface area contributed by atoms with Crippen LogP contribution in [0, 0.1) is 0 Å². The van der Waals surface area contributed by atoms with Gasteiger partial charge >= 0.3 is 0 Å². The Kier molecular flexibility index (Phi) is 3.59. The smallest absolute Gasteiger partial charge is 0.294 e. The Labute approximate surface area is 109 Å². The third-order valence-electron chi connectivity index (χ3n) is 2.29. The molecule has 19 heavy (non-hydrogen) atoms. The van der Waals surface area contributed by atoms with E-state index in [1.54, 1.807) is 18.2 Å². The lowest BCUT2D eigenvalue weighted by atomic mass is 10.3. The minimum Gasteiger partial charge on any atom is -0.506 e. The second-order valence-corrected chi connectivity index (χ2v) is 5.08. The van der Waals surface area contributed by atoms with Crippen LogP contribution in [0.3, 0.4) is 0 Å². The highest BCUT2D eigenvalue weighted by molar-refractivity contribution is 7.85. The third-order valence-corrected chi connectivity index (χ3v) is 3.16. The number of rotatable bonds is 3. The molecular formula is C12H10N2O4S. The number of hydrogen-bond acceptors (Lipinski definition) is 5. The molecule has 2 aromatic rings. The second kappa shape index (κ2) is 5.17. The summed E-state index contributed by atoms with van der Waals surface area (Å²) in [5, 5.41) is 17.2. The van der Waals surface area contributed by atoms with Crippen molar-refractivity contribution in [1.29, 1.82) is 0 Å². The van der Waals surface area contributed by atoms with Crippen LogP contribution in [0.15, 0.2) is 63.7 Å². The predicted molar refractivity (Wildman–Crippen MR) is 68.5 cm³/mol. The van der Waals surface area contributed by atoms with Gasteiger partial charge < -0.3 is 5.11 Å². The number of nitrogens with zero attached hydrogens (tertiary/aromatic N) is 2. The number of phenolic OH excluding ortho intramolecular Hbond substituents is 1. The van der Waals surface area contributed by atoms with Gasteiger partial charge in [-0.15, -0.1) is 5.11 Å². The molecule has 0 aliphatic carbocycles. The Bertz CT molecular complexity index is 709. The molecule has 0 aliphatic heterocycles. The quantitative estimate of drug-likeness (QED) is 0.665. The largest absolute Gasteiger partial charge is 0.506 e. The molecule has 0 saturated heterocycles. The molecule has 98 valence electrons. The fraction of sp³-hybridized carbons (Fsp3) is 0. The molecule has 0 unspecified atom stereocenters. The number of hydrogen-bond donors (Lipinski definition) is 2. The molecule has 2 aromatic carbocycles. The van der Waals surface area contributed by atoms with Gasteiger partial charge in [0.05, 0.1) is 10.6 Å². The van der Waals surface area contributed by atoms with Crippen molar-refractivity contribution in [1.82, 2.24) is 0 Å². The first-order valence-electron chi connectivity index (χ1n) is 5.24. The van der Waals surface area contributed by atoms with E-state index in [1.807, 2.05) is 0 Å². The van der Waals surface area contributed by atoms with E-state index in [0.29, 0.717) is 11.4 Å². The summed E-state index contributed by atoms with van der Waals surface area (Å²) in [6, 6.07) is 11.7. The normalized spacial score (nSPS) is 11.8. The van der Waals surface area contributed by atoms with Crippen LogP contribution in [-0.2, 0) is 10.1 Å². The first-order chi connectivity index (χ1) is 8.97. The summed E-state index contributed by atoms with van der Waals surface area (Å²) in [7, 11) is -4.21. The van der Waals surface area contributed by atoms with Gasteiger partial charge in [0.1, 0.15) is 11.4 Å². The van der Waals surface area contributed by atoms with Crippen LogP contribution in [0.4, 0.5) is 11.4 Å². The molecule has 0 fully saturated rings. The van der Waals surface area contributed by atoms with Crippen molar-refractivity contribution < 1.29 is 18.1 Å². The summed E-state index contributed by atoms with van der Waals surface area (Å²) >= 11 is 0. The molecule has 0 saturated carbocycles. The van der Waals surface area contributed by atoms with Crippen molar-refractivity contribution in [2.75, 3.05) is 0 Å². The molecule has 2 N–H and O–H groups in total. The lowest BCUT2D eigenvalue weighted by molar-refractivity contribution is 0.476. The lowest BCUT2D eigenvalue weighted by Crippen LogP contribution is -1.96. The first kappa shape index (κ1) is 13.2. The minimum atomic E-state index is -4.21. The number of phenols is 1. The van der Waals surface area contributed by atoms with E-state index in [2.05, 4.69) is 10.2 Å². The Morgan fingerprint density at radius 1 is 0.895 bits per heavy atom. The number of benzene rings is 2. The van der Waals surface area contributed by atoms with Crippen molar-refractivity contribution in [3.63, 3.8) is 0 Å². The van der Waals surface area contributed by atoms with Gasteiger partial charge in [0, 0.05) is 0 Å². The van der Waals surface area contributed by atoms with Gasteiger partial charge in [-0.1, -0.05) is 12.1 Å². The maximum atomic E-state index is 10.8. The SMILES string of the molecule is O=S(=O)(O)c1ccc(/N=N/c2ccccc2O)cc1. The van der Waals surface area contributed by atoms with E-state index in [0.717, 1.165) is 0 Å². The molecule has 0 bridgehead atoms. The zero-order valence-electron chi connectivity index (χ0n) is 9.63. The average Bonchev–Trinajstić information content (AvgIpc) is 2.37. The van der Waals surface area contributed by atoms with Gasteiger partial charge in [-0.05, 0) is 36.4 Å². The summed E-state index contributed by atoms with van der Waals surface area (Å²) in [6.07, 6.45) is 0. The lowest BCUT2D eigenvalue weighted by Gasteiger charge is -1.98. The molecular weight excluding hydrogens is 268 g/mol.